The Balaban J connectivity index is 0.953. The minimum Gasteiger partial charge on any atom is -0.491 e. The molecule has 5 atom stereocenters. The molecule has 7 nitrogen and oxygen atoms in total. The summed E-state index contributed by atoms with van der Waals surface area (Å²) in [4.78, 5) is 0. The highest BCUT2D eigenvalue weighted by Gasteiger charge is 2.35. The summed E-state index contributed by atoms with van der Waals surface area (Å²) >= 11 is 0. The van der Waals surface area contributed by atoms with E-state index in [1.54, 1.807) is 0 Å². The zero-order chi connectivity index (χ0) is 34.3. The molecule has 260 valence electrons. The van der Waals surface area contributed by atoms with Gasteiger partial charge in [-0.25, -0.2) is 0 Å². The largest absolute Gasteiger partial charge is 0.491 e. The SMILES string of the molecule is CCC(C)(CC1CO1)Oc1ccc(Cc2ccc(OCC(O)C(C)(CC)Oc3ccc(Cc4ccc(OCC5CO5)cc4)cc3)cc2)cc1. The van der Waals surface area contributed by atoms with Gasteiger partial charge in [0, 0.05) is 6.42 Å². The number of hydrogen-bond acceptors (Lipinski definition) is 7. The van der Waals surface area contributed by atoms with Gasteiger partial charge in [0.05, 0.1) is 19.3 Å². The fourth-order valence-corrected chi connectivity index (χ4v) is 5.79. The minimum absolute atomic E-state index is 0.125. The Morgan fingerprint density at radius 2 is 1.04 bits per heavy atom. The Kier molecular flexibility index (Phi) is 11.1. The number of benzene rings is 4. The van der Waals surface area contributed by atoms with Gasteiger partial charge >= 0.3 is 0 Å². The second-order valence-electron chi connectivity index (χ2n) is 13.9. The van der Waals surface area contributed by atoms with Crippen LogP contribution < -0.4 is 18.9 Å². The molecule has 0 amide bonds. The van der Waals surface area contributed by atoms with Crippen LogP contribution in [0.1, 0.15) is 69.2 Å². The Hall–Kier alpha value is -4.04. The lowest BCUT2D eigenvalue weighted by Gasteiger charge is -2.34. The Morgan fingerprint density at radius 3 is 1.47 bits per heavy atom. The Morgan fingerprint density at radius 1 is 0.612 bits per heavy atom. The second-order valence-corrected chi connectivity index (χ2v) is 13.9. The number of aliphatic hydroxyl groups is 1. The average Bonchev–Trinajstić information content (AvgIpc) is 4.07. The number of aliphatic hydroxyl groups excluding tert-OH is 1. The fourth-order valence-electron chi connectivity index (χ4n) is 5.79. The van der Waals surface area contributed by atoms with Gasteiger partial charge in [-0.2, -0.15) is 0 Å². The number of rotatable bonds is 19. The topological polar surface area (TPSA) is 82.2 Å². The fraction of sp³-hybridized carbons (Fsp3) is 0.429. The van der Waals surface area contributed by atoms with Crippen LogP contribution in [-0.2, 0) is 22.3 Å². The molecule has 7 heteroatoms. The van der Waals surface area contributed by atoms with Crippen LogP contribution in [0.4, 0.5) is 0 Å². The van der Waals surface area contributed by atoms with Crippen LogP contribution in [0.25, 0.3) is 0 Å². The predicted octanol–water partition coefficient (Wildman–Crippen LogP) is 7.97. The third-order valence-corrected chi connectivity index (χ3v) is 9.69. The highest BCUT2D eigenvalue weighted by atomic mass is 16.6. The molecule has 1 N–H and O–H groups in total. The first-order valence-corrected chi connectivity index (χ1v) is 17.6. The van der Waals surface area contributed by atoms with Crippen molar-refractivity contribution in [2.75, 3.05) is 26.4 Å². The van der Waals surface area contributed by atoms with Crippen LogP contribution in [0.5, 0.6) is 23.0 Å². The molecule has 6 rings (SSSR count). The van der Waals surface area contributed by atoms with Crippen molar-refractivity contribution in [3.05, 3.63) is 119 Å². The first-order chi connectivity index (χ1) is 23.7. The molecule has 2 saturated heterocycles. The van der Waals surface area contributed by atoms with E-state index in [0.29, 0.717) is 24.9 Å². The monoisotopic (exact) mass is 666 g/mol. The van der Waals surface area contributed by atoms with Gasteiger partial charge in [0.1, 0.15) is 59.6 Å². The van der Waals surface area contributed by atoms with E-state index in [9.17, 15) is 5.11 Å². The van der Waals surface area contributed by atoms with E-state index in [4.69, 9.17) is 28.4 Å². The minimum atomic E-state index is -0.823. The maximum absolute atomic E-state index is 11.2. The second kappa shape index (κ2) is 15.7. The molecule has 4 aromatic rings. The lowest BCUT2D eigenvalue weighted by molar-refractivity contribution is -0.0630. The smallest absolute Gasteiger partial charge is 0.135 e. The summed E-state index contributed by atoms with van der Waals surface area (Å²) < 4.78 is 35.1. The zero-order valence-corrected chi connectivity index (χ0v) is 29.2. The normalized spacial score (nSPS) is 19.6. The van der Waals surface area contributed by atoms with Gasteiger partial charge in [-0.15, -0.1) is 0 Å². The van der Waals surface area contributed by atoms with Gasteiger partial charge in [0.25, 0.3) is 0 Å². The molecule has 2 heterocycles. The van der Waals surface area contributed by atoms with Crippen molar-refractivity contribution in [3.63, 3.8) is 0 Å². The summed E-state index contributed by atoms with van der Waals surface area (Å²) in [5.74, 6) is 3.18. The lowest BCUT2D eigenvalue weighted by atomic mass is 9.96. The van der Waals surface area contributed by atoms with E-state index >= 15 is 0 Å². The molecule has 0 bridgehead atoms. The van der Waals surface area contributed by atoms with Crippen molar-refractivity contribution >= 4 is 0 Å². The number of hydrogen-bond donors (Lipinski definition) is 1. The van der Waals surface area contributed by atoms with Gasteiger partial charge < -0.3 is 33.5 Å². The van der Waals surface area contributed by atoms with Crippen molar-refractivity contribution in [3.8, 4) is 23.0 Å². The molecular weight excluding hydrogens is 616 g/mol. The lowest BCUT2D eigenvalue weighted by Crippen LogP contribution is -2.47. The molecule has 49 heavy (non-hydrogen) atoms. The summed E-state index contributed by atoms with van der Waals surface area (Å²) in [6.07, 6.45) is 3.85. The van der Waals surface area contributed by atoms with Gasteiger partial charge in [0.2, 0.25) is 0 Å². The molecule has 0 spiro atoms. The van der Waals surface area contributed by atoms with Gasteiger partial charge in [0.15, 0.2) is 0 Å². The van der Waals surface area contributed by atoms with Crippen molar-refractivity contribution < 1.29 is 33.5 Å². The average molecular weight is 667 g/mol. The van der Waals surface area contributed by atoms with Crippen LogP contribution >= 0.6 is 0 Å². The van der Waals surface area contributed by atoms with E-state index in [1.807, 2.05) is 50.2 Å². The van der Waals surface area contributed by atoms with Crippen LogP contribution in [0, 0.1) is 0 Å². The molecule has 2 aliphatic rings. The summed E-state index contributed by atoms with van der Waals surface area (Å²) in [5.41, 5.74) is 3.76. The summed E-state index contributed by atoms with van der Waals surface area (Å²) in [6.45, 7) is 10.6. The summed E-state index contributed by atoms with van der Waals surface area (Å²) in [5, 5.41) is 11.2. The maximum atomic E-state index is 11.2. The standard InChI is InChI=1S/C42H50O7/c1-5-41(3,25-38-26-45-38)48-36-19-11-32(12-20-36)23-31-9-17-35(18-10-31)47-29-40(43)42(4,6-2)49-37-21-13-33(14-22-37)24-30-7-15-34(16-8-30)44-27-39-28-46-39/h7-22,38-40,43H,5-6,23-29H2,1-4H3. The van der Waals surface area contributed by atoms with Gasteiger partial charge in [-0.05, 0) is 110 Å². The number of ether oxygens (including phenoxy) is 6. The molecule has 0 aromatic heterocycles. The molecule has 0 saturated carbocycles. The van der Waals surface area contributed by atoms with Gasteiger partial charge in [-0.3, -0.25) is 0 Å². The predicted molar refractivity (Wildman–Crippen MR) is 191 cm³/mol. The van der Waals surface area contributed by atoms with E-state index in [1.165, 1.54) is 22.3 Å². The van der Waals surface area contributed by atoms with Crippen LogP contribution in [0.2, 0.25) is 0 Å². The van der Waals surface area contributed by atoms with Crippen molar-refractivity contribution in [1.29, 1.82) is 0 Å². The zero-order valence-electron chi connectivity index (χ0n) is 29.2. The third kappa shape index (κ3) is 10.2. The van der Waals surface area contributed by atoms with E-state index in [0.717, 1.165) is 56.1 Å². The number of epoxide rings is 2. The van der Waals surface area contributed by atoms with E-state index in [2.05, 4.69) is 74.5 Å². The summed E-state index contributed by atoms with van der Waals surface area (Å²) in [6, 6.07) is 32.7. The van der Waals surface area contributed by atoms with E-state index in [-0.39, 0.29) is 18.3 Å². The molecule has 2 aliphatic heterocycles. The van der Waals surface area contributed by atoms with Crippen LogP contribution in [-0.4, -0.2) is 61.0 Å². The van der Waals surface area contributed by atoms with Crippen LogP contribution in [0.3, 0.4) is 0 Å². The highest BCUT2D eigenvalue weighted by Crippen LogP contribution is 2.31. The Bertz CT molecular complexity index is 1600. The van der Waals surface area contributed by atoms with Crippen molar-refractivity contribution in [2.45, 2.75) is 89.3 Å². The molecule has 5 unspecified atom stereocenters. The van der Waals surface area contributed by atoms with E-state index < -0.39 is 11.7 Å². The van der Waals surface area contributed by atoms with Gasteiger partial charge in [-0.1, -0.05) is 62.4 Å². The third-order valence-electron chi connectivity index (χ3n) is 9.69. The highest BCUT2D eigenvalue weighted by molar-refractivity contribution is 5.36. The van der Waals surface area contributed by atoms with Crippen molar-refractivity contribution in [1.82, 2.24) is 0 Å². The van der Waals surface area contributed by atoms with Crippen molar-refractivity contribution in [2.24, 2.45) is 0 Å². The maximum Gasteiger partial charge on any atom is 0.135 e. The first kappa shape index (κ1) is 34.8. The quantitative estimate of drug-likeness (QED) is 0.102. The molecular formula is C42H50O7. The molecule has 0 radical (unpaired) electrons. The molecule has 2 fully saturated rings. The van der Waals surface area contributed by atoms with Crippen LogP contribution in [0.15, 0.2) is 97.1 Å². The first-order valence-electron chi connectivity index (χ1n) is 17.6. The molecule has 4 aromatic carbocycles. The summed E-state index contributed by atoms with van der Waals surface area (Å²) in [7, 11) is 0. The molecule has 0 aliphatic carbocycles. The Labute approximate surface area is 291 Å².